The molecule has 2 unspecified atom stereocenters. The maximum atomic E-state index is 11.8. The number of carbonyl (C=O) groups excluding carboxylic acids is 1. The van der Waals surface area contributed by atoms with E-state index in [0.717, 1.165) is 39.1 Å². The summed E-state index contributed by atoms with van der Waals surface area (Å²) in [4.78, 5) is 16.2. The Balaban J connectivity index is 2.20. The Morgan fingerprint density at radius 1 is 1.39 bits per heavy atom. The lowest BCUT2D eigenvalue weighted by Crippen LogP contribution is -2.47. The molecule has 4 nitrogen and oxygen atoms in total. The number of rotatable bonds is 6. The van der Waals surface area contributed by atoms with E-state index in [1.807, 2.05) is 18.7 Å². The minimum absolute atomic E-state index is 0.287. The number of hydrogen-bond donors (Lipinski definition) is 1. The molecule has 1 saturated heterocycles. The molecule has 0 aliphatic carbocycles. The van der Waals surface area contributed by atoms with Gasteiger partial charge in [0.15, 0.2) is 0 Å². The summed E-state index contributed by atoms with van der Waals surface area (Å²) in [5, 5.41) is 0. The Morgan fingerprint density at radius 3 is 2.61 bits per heavy atom. The van der Waals surface area contributed by atoms with Crippen LogP contribution in [0.1, 0.15) is 40.0 Å². The Bertz CT molecular complexity index is 253. The van der Waals surface area contributed by atoms with Crippen LogP contribution in [0.2, 0.25) is 0 Å². The van der Waals surface area contributed by atoms with E-state index in [4.69, 9.17) is 5.73 Å². The zero-order valence-electron chi connectivity index (χ0n) is 12.2. The van der Waals surface area contributed by atoms with Crippen LogP contribution in [0.3, 0.4) is 0 Å². The fourth-order valence-electron chi connectivity index (χ4n) is 2.56. The summed E-state index contributed by atoms with van der Waals surface area (Å²) < 4.78 is 0. The van der Waals surface area contributed by atoms with Gasteiger partial charge in [0.25, 0.3) is 0 Å². The molecule has 4 heteroatoms. The molecule has 0 aromatic carbocycles. The molecule has 0 aromatic rings. The van der Waals surface area contributed by atoms with Gasteiger partial charge in [-0.15, -0.1) is 0 Å². The van der Waals surface area contributed by atoms with E-state index in [9.17, 15) is 4.79 Å². The van der Waals surface area contributed by atoms with Gasteiger partial charge in [-0.1, -0.05) is 6.92 Å². The predicted octanol–water partition coefficient (Wildman–Crippen LogP) is 1.30. The third kappa shape index (κ3) is 4.58. The van der Waals surface area contributed by atoms with Gasteiger partial charge in [0.05, 0.1) is 0 Å². The summed E-state index contributed by atoms with van der Waals surface area (Å²) in [7, 11) is 0. The number of likely N-dealkylation sites (tertiary alicyclic amines) is 1. The van der Waals surface area contributed by atoms with Crippen molar-refractivity contribution in [2.24, 2.45) is 11.7 Å². The number of nitrogens with zero attached hydrogens (tertiary/aromatic N) is 2. The molecule has 18 heavy (non-hydrogen) atoms. The molecule has 1 aliphatic rings. The van der Waals surface area contributed by atoms with Gasteiger partial charge in [-0.25, -0.2) is 0 Å². The average Bonchev–Trinajstić information content (AvgIpc) is 2.35. The van der Waals surface area contributed by atoms with Crippen molar-refractivity contribution in [1.82, 2.24) is 9.80 Å². The van der Waals surface area contributed by atoms with E-state index < -0.39 is 0 Å². The Labute approximate surface area is 111 Å². The molecule has 0 spiro atoms. The van der Waals surface area contributed by atoms with Crippen molar-refractivity contribution >= 4 is 5.91 Å². The summed E-state index contributed by atoms with van der Waals surface area (Å²) in [5.74, 6) is 0.924. The van der Waals surface area contributed by atoms with Crippen molar-refractivity contribution in [2.75, 3.05) is 32.7 Å². The van der Waals surface area contributed by atoms with E-state index >= 15 is 0 Å². The largest absolute Gasteiger partial charge is 0.343 e. The van der Waals surface area contributed by atoms with E-state index in [2.05, 4.69) is 11.8 Å². The topological polar surface area (TPSA) is 49.6 Å². The van der Waals surface area contributed by atoms with E-state index in [-0.39, 0.29) is 5.91 Å². The first-order valence-electron chi connectivity index (χ1n) is 7.34. The summed E-state index contributed by atoms with van der Waals surface area (Å²) in [6.07, 6.45) is 2.81. The highest BCUT2D eigenvalue weighted by molar-refractivity contribution is 5.76. The zero-order valence-corrected chi connectivity index (χ0v) is 12.2. The van der Waals surface area contributed by atoms with Crippen LogP contribution in [-0.4, -0.2) is 54.5 Å². The van der Waals surface area contributed by atoms with E-state index in [1.165, 1.54) is 6.42 Å². The van der Waals surface area contributed by atoms with Crippen LogP contribution in [0.25, 0.3) is 0 Å². The third-order valence-electron chi connectivity index (χ3n) is 4.08. The molecule has 0 bridgehead atoms. The third-order valence-corrected chi connectivity index (χ3v) is 4.08. The second kappa shape index (κ2) is 7.74. The molecule has 1 heterocycles. The van der Waals surface area contributed by atoms with Gasteiger partial charge < -0.3 is 15.5 Å². The normalized spacial score (nSPS) is 25.1. The van der Waals surface area contributed by atoms with E-state index in [0.29, 0.717) is 18.4 Å². The van der Waals surface area contributed by atoms with Crippen molar-refractivity contribution in [3.8, 4) is 0 Å². The standard InChI is InChI=1S/C14H29N3O/c1-4-17(5-2)14(18)7-6-9-16-10-8-12(3)13(15)11-16/h12-13H,4-11,15H2,1-3H3. The Morgan fingerprint density at radius 2 is 2.06 bits per heavy atom. The summed E-state index contributed by atoms with van der Waals surface area (Å²) in [6, 6.07) is 0.303. The highest BCUT2D eigenvalue weighted by Gasteiger charge is 2.22. The lowest BCUT2D eigenvalue weighted by molar-refractivity contribution is -0.131. The van der Waals surface area contributed by atoms with Gasteiger partial charge in [-0.2, -0.15) is 0 Å². The number of nitrogens with two attached hydrogens (primary N) is 1. The van der Waals surface area contributed by atoms with Crippen LogP contribution in [0, 0.1) is 5.92 Å². The minimum Gasteiger partial charge on any atom is -0.343 e. The lowest BCUT2D eigenvalue weighted by Gasteiger charge is -2.35. The molecule has 1 aliphatic heterocycles. The van der Waals surface area contributed by atoms with Crippen LogP contribution < -0.4 is 5.73 Å². The van der Waals surface area contributed by atoms with Crippen LogP contribution in [0.5, 0.6) is 0 Å². The van der Waals surface area contributed by atoms with Crippen molar-refractivity contribution in [2.45, 2.75) is 46.1 Å². The first-order chi connectivity index (χ1) is 8.58. The lowest BCUT2D eigenvalue weighted by atomic mass is 9.94. The SMILES string of the molecule is CCN(CC)C(=O)CCCN1CCC(C)C(N)C1. The number of amides is 1. The Kier molecular flexibility index (Phi) is 6.65. The second-order valence-corrected chi connectivity index (χ2v) is 5.40. The molecule has 1 amide bonds. The minimum atomic E-state index is 0.287. The smallest absolute Gasteiger partial charge is 0.222 e. The quantitative estimate of drug-likeness (QED) is 0.778. The highest BCUT2D eigenvalue weighted by Crippen LogP contribution is 2.15. The molecular weight excluding hydrogens is 226 g/mol. The molecule has 2 atom stereocenters. The van der Waals surface area contributed by atoms with Crippen LogP contribution in [-0.2, 0) is 4.79 Å². The maximum Gasteiger partial charge on any atom is 0.222 e. The molecule has 1 rings (SSSR count). The average molecular weight is 255 g/mol. The number of carbonyl (C=O) groups is 1. The van der Waals surface area contributed by atoms with Gasteiger partial charge in [0, 0.05) is 32.1 Å². The van der Waals surface area contributed by atoms with Gasteiger partial charge in [-0.3, -0.25) is 4.79 Å². The number of hydrogen-bond acceptors (Lipinski definition) is 3. The van der Waals surface area contributed by atoms with Crippen LogP contribution in [0.4, 0.5) is 0 Å². The maximum absolute atomic E-state index is 11.8. The molecule has 0 radical (unpaired) electrons. The monoisotopic (exact) mass is 255 g/mol. The molecule has 0 aromatic heterocycles. The summed E-state index contributed by atoms with van der Waals surface area (Å²) in [5.41, 5.74) is 6.07. The molecule has 106 valence electrons. The zero-order chi connectivity index (χ0) is 13.5. The van der Waals surface area contributed by atoms with Gasteiger partial charge >= 0.3 is 0 Å². The molecular formula is C14H29N3O. The molecule has 2 N–H and O–H groups in total. The molecule has 1 fully saturated rings. The number of piperidine rings is 1. The predicted molar refractivity (Wildman–Crippen MR) is 75.4 cm³/mol. The van der Waals surface area contributed by atoms with Crippen molar-refractivity contribution in [3.63, 3.8) is 0 Å². The van der Waals surface area contributed by atoms with Crippen LogP contribution in [0.15, 0.2) is 0 Å². The van der Waals surface area contributed by atoms with Gasteiger partial charge in [0.2, 0.25) is 5.91 Å². The first kappa shape index (κ1) is 15.4. The summed E-state index contributed by atoms with van der Waals surface area (Å²) >= 11 is 0. The fraction of sp³-hybridized carbons (Fsp3) is 0.929. The highest BCUT2D eigenvalue weighted by atomic mass is 16.2. The summed E-state index contributed by atoms with van der Waals surface area (Å²) in [6.45, 7) is 11.1. The van der Waals surface area contributed by atoms with Crippen LogP contribution >= 0.6 is 0 Å². The molecule has 0 saturated carbocycles. The van der Waals surface area contributed by atoms with Gasteiger partial charge in [0.1, 0.15) is 0 Å². The Hall–Kier alpha value is -0.610. The van der Waals surface area contributed by atoms with Crippen molar-refractivity contribution < 1.29 is 4.79 Å². The van der Waals surface area contributed by atoms with Crippen molar-refractivity contribution in [3.05, 3.63) is 0 Å². The first-order valence-corrected chi connectivity index (χ1v) is 7.34. The van der Waals surface area contributed by atoms with E-state index in [1.54, 1.807) is 0 Å². The second-order valence-electron chi connectivity index (χ2n) is 5.40. The van der Waals surface area contributed by atoms with Crippen molar-refractivity contribution in [1.29, 1.82) is 0 Å². The van der Waals surface area contributed by atoms with Gasteiger partial charge in [-0.05, 0) is 45.7 Å². The fourth-order valence-corrected chi connectivity index (χ4v) is 2.56.